The van der Waals surface area contributed by atoms with Crippen molar-refractivity contribution in [3.63, 3.8) is 0 Å². The number of nitrogens with one attached hydrogen (secondary N) is 1. The number of aromatic nitrogens is 1. The van der Waals surface area contributed by atoms with Gasteiger partial charge in [-0.1, -0.05) is 13.3 Å². The number of aryl methyl sites for hydroxylation is 1. The number of halogens is 3. The molecule has 208 valence electrons. The number of carbonyl (C=O) groups is 2. The highest BCUT2D eigenvalue weighted by atomic mass is 19.4. The Balaban J connectivity index is 1.33. The normalized spacial score (nSPS) is 19.6. The number of anilines is 1. The molecule has 0 unspecified atom stereocenters. The van der Waals surface area contributed by atoms with Crippen LogP contribution in [0.1, 0.15) is 42.9 Å². The second-order valence-electron chi connectivity index (χ2n) is 10.0. The molecule has 12 heteroatoms. The van der Waals surface area contributed by atoms with E-state index in [2.05, 4.69) is 20.4 Å². The third kappa shape index (κ3) is 6.06. The summed E-state index contributed by atoms with van der Waals surface area (Å²) in [6, 6.07) is 6.26. The molecular weight excluding hydrogens is 511 g/mol. The van der Waals surface area contributed by atoms with Crippen LogP contribution in [0, 0.1) is 0 Å². The fourth-order valence-electron chi connectivity index (χ4n) is 5.14. The number of amides is 3. The summed E-state index contributed by atoms with van der Waals surface area (Å²) in [6.07, 6.45) is 3.26. The lowest BCUT2D eigenvalue weighted by atomic mass is 9.91. The topological polar surface area (TPSA) is 84.4 Å². The van der Waals surface area contributed by atoms with Crippen LogP contribution in [0.5, 0.6) is 0 Å². The van der Waals surface area contributed by atoms with E-state index in [-0.39, 0.29) is 24.7 Å². The first kappa shape index (κ1) is 27.1. The van der Waals surface area contributed by atoms with E-state index in [1.807, 2.05) is 11.9 Å². The van der Waals surface area contributed by atoms with Gasteiger partial charge in [0.15, 0.2) is 0 Å². The van der Waals surface area contributed by atoms with Gasteiger partial charge in [-0.25, -0.2) is 14.8 Å². The minimum Gasteiger partial charge on any atom is -0.298 e. The molecule has 0 radical (unpaired) electrons. The zero-order valence-electron chi connectivity index (χ0n) is 21.8. The molecule has 2 aromatic rings. The van der Waals surface area contributed by atoms with E-state index in [0.29, 0.717) is 31.3 Å². The summed E-state index contributed by atoms with van der Waals surface area (Å²) >= 11 is 0. The average molecular weight is 544 g/mol. The molecule has 1 aromatic heterocycles. The van der Waals surface area contributed by atoms with Crippen molar-refractivity contribution in [2.45, 2.75) is 44.8 Å². The Bertz CT molecular complexity index is 1220. The quantitative estimate of drug-likeness (QED) is 0.578. The molecule has 0 bridgehead atoms. The summed E-state index contributed by atoms with van der Waals surface area (Å²) in [6.45, 7) is 4.83. The van der Waals surface area contributed by atoms with Gasteiger partial charge in [-0.15, -0.1) is 0 Å². The molecule has 2 aliphatic heterocycles. The maximum absolute atomic E-state index is 13.4. The Hall–Kier alpha value is -3.51. The molecule has 1 aromatic carbocycles. The maximum atomic E-state index is 13.4. The monoisotopic (exact) mass is 543 g/mol. The van der Waals surface area contributed by atoms with Crippen molar-refractivity contribution in [2.75, 3.05) is 44.2 Å². The smallest absolute Gasteiger partial charge is 0.298 e. The van der Waals surface area contributed by atoms with E-state index >= 15 is 0 Å². The van der Waals surface area contributed by atoms with Gasteiger partial charge < -0.3 is 0 Å². The van der Waals surface area contributed by atoms with Crippen LogP contribution in [0.2, 0.25) is 0 Å². The number of hydrogen-bond acceptors (Lipinski definition) is 6. The van der Waals surface area contributed by atoms with Crippen LogP contribution in [-0.2, 0) is 17.4 Å². The molecule has 2 fully saturated rings. The Labute approximate surface area is 225 Å². The second-order valence-corrected chi connectivity index (χ2v) is 10.0. The van der Waals surface area contributed by atoms with Crippen molar-refractivity contribution in [2.24, 2.45) is 5.10 Å². The van der Waals surface area contributed by atoms with Gasteiger partial charge >= 0.3 is 12.2 Å². The number of piperazine rings is 1. The van der Waals surface area contributed by atoms with Gasteiger partial charge in [-0.3, -0.25) is 25.0 Å². The summed E-state index contributed by atoms with van der Waals surface area (Å²) in [4.78, 5) is 34.4. The minimum absolute atomic E-state index is 0.0441. The van der Waals surface area contributed by atoms with E-state index < -0.39 is 17.8 Å². The number of hydrazone groups is 1. The van der Waals surface area contributed by atoms with Crippen molar-refractivity contribution in [3.8, 4) is 0 Å². The standard InChI is InChI=1S/C27H32F3N7O2/c1-2-19-16-31-11-10-23(19)24-17-36(22-8-6-20(7-9-22)27(28,29)30)26(39)37(32-24)18-25(38)33-35-14-12-34(13-15-35)21-4-3-5-21/h6-11,16,21H,2-5,12-15,17-18H2,1H3,(H,33,38). The minimum atomic E-state index is -4.49. The van der Waals surface area contributed by atoms with Gasteiger partial charge in [-0.05, 0) is 55.2 Å². The predicted octanol–water partition coefficient (Wildman–Crippen LogP) is 3.51. The first-order valence-electron chi connectivity index (χ1n) is 13.3. The number of alkyl halides is 3. The zero-order valence-corrected chi connectivity index (χ0v) is 21.8. The third-order valence-corrected chi connectivity index (χ3v) is 7.58. The van der Waals surface area contributed by atoms with Gasteiger partial charge in [0, 0.05) is 55.9 Å². The molecule has 5 rings (SSSR count). The first-order valence-corrected chi connectivity index (χ1v) is 13.3. The lowest BCUT2D eigenvalue weighted by molar-refractivity contribution is -0.137. The summed E-state index contributed by atoms with van der Waals surface area (Å²) in [5.41, 5.74) is 4.57. The molecule has 1 aliphatic carbocycles. The predicted molar refractivity (Wildman–Crippen MR) is 140 cm³/mol. The SMILES string of the molecule is CCc1cnccc1C1=NN(CC(=O)NN2CCN(C3CCC3)CC2)C(=O)N(c2ccc(C(F)(F)F)cc2)C1. The number of rotatable bonds is 7. The molecule has 1 saturated carbocycles. The Morgan fingerprint density at radius 2 is 1.79 bits per heavy atom. The highest BCUT2D eigenvalue weighted by molar-refractivity contribution is 6.11. The van der Waals surface area contributed by atoms with E-state index in [4.69, 9.17) is 0 Å². The number of urea groups is 1. The van der Waals surface area contributed by atoms with Crippen LogP contribution < -0.4 is 10.3 Å². The van der Waals surface area contributed by atoms with Crippen molar-refractivity contribution in [3.05, 3.63) is 59.4 Å². The molecule has 39 heavy (non-hydrogen) atoms. The zero-order chi connectivity index (χ0) is 27.6. The van der Waals surface area contributed by atoms with Crippen molar-refractivity contribution >= 4 is 23.3 Å². The second kappa shape index (κ2) is 11.3. The number of benzene rings is 1. The van der Waals surface area contributed by atoms with Gasteiger partial charge in [0.1, 0.15) is 6.54 Å². The lowest BCUT2D eigenvalue weighted by Gasteiger charge is -2.42. The lowest BCUT2D eigenvalue weighted by Crippen LogP contribution is -2.58. The highest BCUT2D eigenvalue weighted by Gasteiger charge is 2.34. The van der Waals surface area contributed by atoms with E-state index in [1.165, 1.54) is 36.3 Å². The molecule has 9 nitrogen and oxygen atoms in total. The summed E-state index contributed by atoms with van der Waals surface area (Å²) in [5.74, 6) is -0.386. The maximum Gasteiger partial charge on any atom is 0.416 e. The largest absolute Gasteiger partial charge is 0.416 e. The van der Waals surface area contributed by atoms with E-state index in [1.54, 1.807) is 18.5 Å². The summed E-state index contributed by atoms with van der Waals surface area (Å²) in [5, 5.41) is 7.47. The molecule has 1 saturated heterocycles. The van der Waals surface area contributed by atoms with Crippen molar-refractivity contribution in [1.82, 2.24) is 25.3 Å². The molecule has 3 aliphatic rings. The van der Waals surface area contributed by atoms with Crippen LogP contribution in [0.4, 0.5) is 23.7 Å². The van der Waals surface area contributed by atoms with E-state index in [9.17, 15) is 22.8 Å². The van der Waals surface area contributed by atoms with Crippen LogP contribution in [0.15, 0.2) is 47.8 Å². The number of hydrazine groups is 1. The third-order valence-electron chi connectivity index (χ3n) is 7.58. The van der Waals surface area contributed by atoms with Crippen molar-refractivity contribution in [1.29, 1.82) is 0 Å². The summed E-state index contributed by atoms with van der Waals surface area (Å²) in [7, 11) is 0. The van der Waals surface area contributed by atoms with Crippen LogP contribution in [0.3, 0.4) is 0 Å². The molecule has 1 N–H and O–H groups in total. The molecule has 3 heterocycles. The molecule has 0 atom stereocenters. The summed E-state index contributed by atoms with van der Waals surface area (Å²) < 4.78 is 39.4. The van der Waals surface area contributed by atoms with Crippen LogP contribution >= 0.6 is 0 Å². The van der Waals surface area contributed by atoms with Gasteiger partial charge in [0.25, 0.3) is 5.91 Å². The Morgan fingerprint density at radius 1 is 1.08 bits per heavy atom. The van der Waals surface area contributed by atoms with Gasteiger partial charge in [0.05, 0.1) is 17.8 Å². The fourth-order valence-corrected chi connectivity index (χ4v) is 5.14. The van der Waals surface area contributed by atoms with E-state index in [0.717, 1.165) is 41.4 Å². The molecule has 3 amide bonds. The van der Waals surface area contributed by atoms with Crippen LogP contribution in [-0.4, -0.2) is 82.9 Å². The van der Waals surface area contributed by atoms with Crippen molar-refractivity contribution < 1.29 is 22.8 Å². The van der Waals surface area contributed by atoms with Gasteiger partial charge in [0.2, 0.25) is 0 Å². The Kier molecular flexibility index (Phi) is 7.85. The average Bonchev–Trinajstić information content (AvgIpc) is 2.89. The first-order chi connectivity index (χ1) is 18.7. The molecule has 0 spiro atoms. The van der Waals surface area contributed by atoms with Gasteiger partial charge in [-0.2, -0.15) is 18.3 Å². The highest BCUT2D eigenvalue weighted by Crippen LogP contribution is 2.31. The fraction of sp³-hybridized carbons (Fsp3) is 0.481. The Morgan fingerprint density at radius 3 is 2.41 bits per heavy atom. The number of pyridine rings is 1. The number of carbonyl (C=O) groups excluding carboxylic acids is 2. The molecular formula is C27H32F3N7O2. The number of hydrogen-bond donors (Lipinski definition) is 1. The van der Waals surface area contributed by atoms with Crippen LogP contribution in [0.25, 0.3) is 0 Å². The number of nitrogens with zero attached hydrogens (tertiary/aromatic N) is 6.